The second-order valence-corrected chi connectivity index (χ2v) is 4.87. The lowest BCUT2D eigenvalue weighted by molar-refractivity contribution is -0.116. The third kappa shape index (κ3) is 4.00. The molecule has 0 saturated heterocycles. The highest BCUT2D eigenvalue weighted by Gasteiger charge is 2.15. The minimum atomic E-state index is -0.0851. The van der Waals surface area contributed by atoms with Crippen molar-refractivity contribution in [2.45, 2.75) is 26.2 Å². The van der Waals surface area contributed by atoms with E-state index in [2.05, 4.69) is 10.5 Å². The molecule has 0 unspecified atom stereocenters. The SMILES string of the molecule is COc1ccc(CCCC(=O)Nc2c(OC)noc2C)cc1. The van der Waals surface area contributed by atoms with E-state index in [0.717, 1.165) is 18.6 Å². The van der Waals surface area contributed by atoms with Crippen LogP contribution in [0.1, 0.15) is 24.2 Å². The van der Waals surface area contributed by atoms with Crippen molar-refractivity contribution in [3.05, 3.63) is 35.6 Å². The fourth-order valence-corrected chi connectivity index (χ4v) is 2.08. The van der Waals surface area contributed by atoms with Gasteiger partial charge in [0.15, 0.2) is 5.76 Å². The first kappa shape index (κ1) is 15.9. The van der Waals surface area contributed by atoms with Gasteiger partial charge in [-0.25, -0.2) is 0 Å². The zero-order chi connectivity index (χ0) is 15.9. The predicted octanol–water partition coefficient (Wildman–Crippen LogP) is 2.96. The van der Waals surface area contributed by atoms with Crippen molar-refractivity contribution in [2.75, 3.05) is 19.5 Å². The summed E-state index contributed by atoms with van der Waals surface area (Å²) in [5.41, 5.74) is 1.67. The third-order valence-corrected chi connectivity index (χ3v) is 3.32. The fourth-order valence-electron chi connectivity index (χ4n) is 2.08. The van der Waals surface area contributed by atoms with Crippen molar-refractivity contribution in [2.24, 2.45) is 0 Å². The molecule has 6 nitrogen and oxygen atoms in total. The van der Waals surface area contributed by atoms with Crippen LogP contribution >= 0.6 is 0 Å². The Kier molecular flexibility index (Phi) is 5.41. The zero-order valence-corrected chi connectivity index (χ0v) is 13.0. The number of nitrogens with zero attached hydrogens (tertiary/aromatic N) is 1. The summed E-state index contributed by atoms with van der Waals surface area (Å²) < 4.78 is 15.1. The molecule has 0 bridgehead atoms. The summed E-state index contributed by atoms with van der Waals surface area (Å²) >= 11 is 0. The van der Waals surface area contributed by atoms with E-state index < -0.39 is 0 Å². The van der Waals surface area contributed by atoms with Crippen molar-refractivity contribution < 1.29 is 18.8 Å². The Morgan fingerprint density at radius 3 is 2.59 bits per heavy atom. The van der Waals surface area contributed by atoms with E-state index in [1.807, 2.05) is 24.3 Å². The number of hydrogen-bond acceptors (Lipinski definition) is 5. The van der Waals surface area contributed by atoms with E-state index in [1.165, 1.54) is 12.7 Å². The van der Waals surface area contributed by atoms with Gasteiger partial charge in [0, 0.05) is 6.42 Å². The molecule has 0 aliphatic rings. The molecule has 22 heavy (non-hydrogen) atoms. The molecule has 0 radical (unpaired) electrons. The van der Waals surface area contributed by atoms with Gasteiger partial charge < -0.3 is 19.3 Å². The van der Waals surface area contributed by atoms with E-state index >= 15 is 0 Å². The monoisotopic (exact) mass is 304 g/mol. The Bertz CT molecular complexity index is 620. The van der Waals surface area contributed by atoms with Gasteiger partial charge in [0.1, 0.15) is 11.4 Å². The van der Waals surface area contributed by atoms with Crippen LogP contribution in [-0.4, -0.2) is 25.3 Å². The predicted molar refractivity (Wildman–Crippen MR) is 82.4 cm³/mol. The molecule has 0 spiro atoms. The lowest BCUT2D eigenvalue weighted by atomic mass is 10.1. The van der Waals surface area contributed by atoms with Crippen LogP contribution in [0.3, 0.4) is 0 Å². The maximum Gasteiger partial charge on any atom is 0.278 e. The number of anilines is 1. The quantitative estimate of drug-likeness (QED) is 0.851. The molecular weight excluding hydrogens is 284 g/mol. The van der Waals surface area contributed by atoms with Crippen molar-refractivity contribution >= 4 is 11.6 Å². The second kappa shape index (κ2) is 7.49. The highest BCUT2D eigenvalue weighted by atomic mass is 16.5. The van der Waals surface area contributed by atoms with Gasteiger partial charge in [-0.15, -0.1) is 0 Å². The Balaban J connectivity index is 1.81. The van der Waals surface area contributed by atoms with Crippen LogP contribution in [0.15, 0.2) is 28.8 Å². The smallest absolute Gasteiger partial charge is 0.278 e. The minimum Gasteiger partial charge on any atom is -0.497 e. The van der Waals surface area contributed by atoms with E-state index in [9.17, 15) is 4.79 Å². The molecule has 1 N–H and O–H groups in total. The van der Waals surface area contributed by atoms with E-state index in [4.69, 9.17) is 14.0 Å². The van der Waals surface area contributed by atoms with E-state index in [-0.39, 0.29) is 5.91 Å². The molecule has 1 amide bonds. The van der Waals surface area contributed by atoms with Crippen molar-refractivity contribution in [3.8, 4) is 11.6 Å². The van der Waals surface area contributed by atoms with Crippen LogP contribution in [0.25, 0.3) is 0 Å². The fraction of sp³-hybridized carbons (Fsp3) is 0.375. The topological polar surface area (TPSA) is 73.6 Å². The number of carbonyl (C=O) groups excluding carboxylic acids is 1. The number of amides is 1. The molecule has 118 valence electrons. The number of carbonyl (C=O) groups is 1. The highest BCUT2D eigenvalue weighted by molar-refractivity contribution is 5.92. The molecule has 1 aromatic carbocycles. The molecule has 2 rings (SSSR count). The van der Waals surface area contributed by atoms with Crippen LogP contribution in [0.4, 0.5) is 5.69 Å². The Labute approximate surface area is 129 Å². The number of rotatable bonds is 7. The molecular formula is C16H20N2O4. The van der Waals surface area contributed by atoms with Crippen LogP contribution in [-0.2, 0) is 11.2 Å². The first-order valence-corrected chi connectivity index (χ1v) is 7.07. The number of benzene rings is 1. The first-order valence-electron chi connectivity index (χ1n) is 7.07. The normalized spacial score (nSPS) is 10.3. The number of aryl methyl sites for hydroxylation is 2. The van der Waals surface area contributed by atoms with Gasteiger partial charge in [-0.1, -0.05) is 12.1 Å². The average Bonchev–Trinajstić information content (AvgIpc) is 2.88. The van der Waals surface area contributed by atoms with Crippen molar-refractivity contribution in [1.82, 2.24) is 5.16 Å². The Morgan fingerprint density at radius 1 is 1.23 bits per heavy atom. The number of methoxy groups -OCH3 is 2. The highest BCUT2D eigenvalue weighted by Crippen LogP contribution is 2.26. The Hall–Kier alpha value is -2.50. The molecule has 6 heteroatoms. The van der Waals surface area contributed by atoms with Gasteiger partial charge in [0.05, 0.1) is 14.2 Å². The average molecular weight is 304 g/mol. The van der Waals surface area contributed by atoms with Crippen molar-refractivity contribution in [3.63, 3.8) is 0 Å². The Morgan fingerprint density at radius 2 is 1.95 bits per heavy atom. The lowest BCUT2D eigenvalue weighted by Crippen LogP contribution is -2.12. The molecule has 0 aliphatic carbocycles. The molecule has 0 aliphatic heterocycles. The molecule has 0 fully saturated rings. The molecule has 1 aromatic heterocycles. The van der Waals surface area contributed by atoms with E-state index in [0.29, 0.717) is 23.7 Å². The number of nitrogens with one attached hydrogen (secondary N) is 1. The summed E-state index contributed by atoms with van der Waals surface area (Å²) in [5, 5.41) is 6.48. The molecule has 0 atom stereocenters. The largest absolute Gasteiger partial charge is 0.497 e. The molecule has 0 saturated carbocycles. The van der Waals surface area contributed by atoms with Gasteiger partial charge in [0.2, 0.25) is 5.91 Å². The van der Waals surface area contributed by atoms with Gasteiger partial charge in [-0.05, 0) is 42.6 Å². The summed E-state index contributed by atoms with van der Waals surface area (Å²) in [7, 11) is 3.12. The molecule has 2 aromatic rings. The van der Waals surface area contributed by atoms with Crippen LogP contribution in [0, 0.1) is 6.92 Å². The third-order valence-electron chi connectivity index (χ3n) is 3.32. The van der Waals surface area contributed by atoms with Gasteiger partial charge in [0.25, 0.3) is 5.88 Å². The zero-order valence-electron chi connectivity index (χ0n) is 13.0. The van der Waals surface area contributed by atoms with Crippen LogP contribution < -0.4 is 14.8 Å². The maximum atomic E-state index is 12.0. The minimum absolute atomic E-state index is 0.0851. The number of ether oxygens (including phenoxy) is 2. The van der Waals surface area contributed by atoms with E-state index in [1.54, 1.807) is 14.0 Å². The lowest BCUT2D eigenvalue weighted by Gasteiger charge is -2.06. The summed E-state index contributed by atoms with van der Waals surface area (Å²) in [6.45, 7) is 1.72. The van der Waals surface area contributed by atoms with Gasteiger partial charge in [-0.2, -0.15) is 0 Å². The van der Waals surface area contributed by atoms with Crippen molar-refractivity contribution in [1.29, 1.82) is 0 Å². The number of hydrogen-bond donors (Lipinski definition) is 1. The van der Waals surface area contributed by atoms with Crippen LogP contribution in [0.2, 0.25) is 0 Å². The second-order valence-electron chi connectivity index (χ2n) is 4.87. The molecule has 1 heterocycles. The first-order chi connectivity index (χ1) is 10.6. The maximum absolute atomic E-state index is 12.0. The summed E-state index contributed by atoms with van der Waals surface area (Å²) in [6.07, 6.45) is 2.00. The summed E-state index contributed by atoms with van der Waals surface area (Å²) in [6, 6.07) is 7.84. The standard InChI is InChI=1S/C16H20N2O4/c1-11-15(16(21-3)18-22-11)17-14(19)6-4-5-12-7-9-13(20-2)10-8-12/h7-10H,4-6H2,1-3H3,(H,17,19). The summed E-state index contributed by atoms with van der Waals surface area (Å²) in [4.78, 5) is 12.0. The summed E-state index contributed by atoms with van der Waals surface area (Å²) in [5.74, 6) is 1.57. The van der Waals surface area contributed by atoms with Gasteiger partial charge in [-0.3, -0.25) is 4.79 Å². The number of aromatic nitrogens is 1. The van der Waals surface area contributed by atoms with Crippen LogP contribution in [0.5, 0.6) is 11.6 Å². The van der Waals surface area contributed by atoms with Gasteiger partial charge >= 0.3 is 0 Å².